The fraction of sp³-hybridized carbons (Fsp3) is 0.190. The molecule has 8 nitrogen and oxygen atoms in total. The van der Waals surface area contributed by atoms with E-state index >= 15 is 0 Å². The molecule has 0 N–H and O–H groups in total. The molecule has 4 aromatic rings. The lowest BCUT2D eigenvalue weighted by Crippen LogP contribution is -2.10. The van der Waals surface area contributed by atoms with Crippen LogP contribution in [-0.2, 0) is 23.1 Å². The number of nitrogens with zero attached hydrogens (tertiary/aromatic N) is 6. The second-order valence-electron chi connectivity index (χ2n) is 7.00. The van der Waals surface area contributed by atoms with Crippen LogP contribution in [0.15, 0.2) is 60.1 Å². The van der Waals surface area contributed by atoms with E-state index in [1.165, 1.54) is 43.8 Å². The van der Waals surface area contributed by atoms with Crippen molar-refractivity contribution in [2.75, 3.05) is 5.75 Å². The minimum absolute atomic E-state index is 0.0410. The SMILES string of the molecule is CCS(=O)(=O)c1cc(-c2ncccn2)cnc1-c1ncc(-c2ccc(C(F)(F)F)nc2)n1C. The Bertz CT molecular complexity index is 1400. The zero-order valence-electron chi connectivity index (χ0n) is 17.4. The van der Waals surface area contributed by atoms with Gasteiger partial charge in [-0.3, -0.25) is 9.97 Å². The molecule has 33 heavy (non-hydrogen) atoms. The summed E-state index contributed by atoms with van der Waals surface area (Å²) < 4.78 is 65.7. The van der Waals surface area contributed by atoms with Crippen molar-refractivity contribution in [3.8, 4) is 34.2 Å². The molecule has 0 spiro atoms. The van der Waals surface area contributed by atoms with Crippen LogP contribution in [0.3, 0.4) is 0 Å². The number of pyridine rings is 2. The average molecular weight is 474 g/mol. The molecule has 0 amide bonds. The maximum Gasteiger partial charge on any atom is 0.433 e. The van der Waals surface area contributed by atoms with Crippen LogP contribution >= 0.6 is 0 Å². The predicted octanol–water partition coefficient (Wildman–Crippen LogP) is 3.81. The van der Waals surface area contributed by atoms with Crippen molar-refractivity contribution < 1.29 is 21.6 Å². The number of sulfone groups is 1. The van der Waals surface area contributed by atoms with Crippen LogP contribution < -0.4 is 0 Å². The van der Waals surface area contributed by atoms with Gasteiger partial charge >= 0.3 is 6.18 Å². The van der Waals surface area contributed by atoms with Gasteiger partial charge in [0.1, 0.15) is 11.4 Å². The molecule has 0 aliphatic heterocycles. The lowest BCUT2D eigenvalue weighted by molar-refractivity contribution is -0.141. The molecular weight excluding hydrogens is 457 g/mol. The first-order valence-electron chi connectivity index (χ1n) is 9.67. The largest absolute Gasteiger partial charge is 0.433 e. The summed E-state index contributed by atoms with van der Waals surface area (Å²) in [5.74, 6) is 0.388. The van der Waals surface area contributed by atoms with Crippen molar-refractivity contribution in [1.29, 1.82) is 0 Å². The first kappa shape index (κ1) is 22.5. The fourth-order valence-corrected chi connectivity index (χ4v) is 4.24. The number of rotatable bonds is 5. The van der Waals surface area contributed by atoms with E-state index in [0.717, 1.165) is 12.3 Å². The van der Waals surface area contributed by atoms with Crippen molar-refractivity contribution in [2.24, 2.45) is 7.05 Å². The fourth-order valence-electron chi connectivity index (χ4n) is 3.19. The molecule has 4 aromatic heterocycles. The van der Waals surface area contributed by atoms with Crippen molar-refractivity contribution in [3.05, 3.63) is 60.9 Å². The molecule has 4 heterocycles. The van der Waals surface area contributed by atoms with Crippen LogP contribution in [0, 0.1) is 0 Å². The van der Waals surface area contributed by atoms with E-state index in [-0.39, 0.29) is 22.2 Å². The van der Waals surface area contributed by atoms with Crippen LogP contribution in [0.5, 0.6) is 0 Å². The summed E-state index contributed by atoms with van der Waals surface area (Å²) in [5.41, 5.74) is 0.366. The van der Waals surface area contributed by atoms with Gasteiger partial charge in [-0.25, -0.2) is 23.4 Å². The molecule has 0 saturated carbocycles. The van der Waals surface area contributed by atoms with Crippen molar-refractivity contribution >= 4 is 9.84 Å². The monoisotopic (exact) mass is 474 g/mol. The molecule has 0 aliphatic carbocycles. The highest BCUT2D eigenvalue weighted by atomic mass is 32.2. The Morgan fingerprint density at radius 2 is 1.64 bits per heavy atom. The molecule has 4 rings (SSSR count). The second-order valence-corrected chi connectivity index (χ2v) is 9.25. The first-order valence-corrected chi connectivity index (χ1v) is 11.3. The van der Waals surface area contributed by atoms with Gasteiger partial charge in [-0.1, -0.05) is 6.92 Å². The lowest BCUT2D eigenvalue weighted by Gasteiger charge is -2.12. The summed E-state index contributed by atoms with van der Waals surface area (Å²) in [5, 5.41) is 0. The van der Waals surface area contributed by atoms with Crippen LogP contribution in [-0.4, -0.2) is 43.7 Å². The number of hydrogen-bond donors (Lipinski definition) is 0. The summed E-state index contributed by atoms with van der Waals surface area (Å²) in [4.78, 5) is 20.3. The standard InChI is InChI=1S/C21H17F3N6O2S/c1-3-33(31,32)16-9-14(19-25-7-4-8-26-19)11-28-18(16)20-29-12-15(30(20)2)13-5-6-17(27-10-13)21(22,23)24/h4-12H,3H2,1-2H3. The lowest BCUT2D eigenvalue weighted by atomic mass is 10.2. The van der Waals surface area contributed by atoms with E-state index in [1.54, 1.807) is 17.7 Å². The van der Waals surface area contributed by atoms with Crippen molar-refractivity contribution in [3.63, 3.8) is 0 Å². The Morgan fingerprint density at radius 3 is 2.24 bits per heavy atom. The van der Waals surface area contributed by atoms with Gasteiger partial charge in [-0.05, 0) is 24.3 Å². The van der Waals surface area contributed by atoms with Crippen LogP contribution in [0.25, 0.3) is 34.2 Å². The number of halogens is 3. The van der Waals surface area contributed by atoms with E-state index in [1.807, 2.05) is 0 Å². The molecule has 0 atom stereocenters. The smallest absolute Gasteiger partial charge is 0.326 e. The number of alkyl halides is 3. The Balaban J connectivity index is 1.82. The predicted molar refractivity (Wildman–Crippen MR) is 113 cm³/mol. The Labute approximate surface area is 187 Å². The molecule has 0 aliphatic rings. The summed E-state index contributed by atoms with van der Waals surface area (Å²) in [6.45, 7) is 1.52. The van der Waals surface area contributed by atoms with E-state index in [0.29, 0.717) is 22.6 Å². The molecule has 0 unspecified atom stereocenters. The Morgan fingerprint density at radius 1 is 0.939 bits per heavy atom. The minimum Gasteiger partial charge on any atom is -0.326 e. The highest BCUT2D eigenvalue weighted by Gasteiger charge is 2.32. The van der Waals surface area contributed by atoms with Crippen LogP contribution in [0.4, 0.5) is 13.2 Å². The van der Waals surface area contributed by atoms with Crippen molar-refractivity contribution in [1.82, 2.24) is 29.5 Å². The van der Waals surface area contributed by atoms with Gasteiger partial charge in [-0.15, -0.1) is 0 Å². The van der Waals surface area contributed by atoms with E-state index in [4.69, 9.17) is 0 Å². The summed E-state index contributed by atoms with van der Waals surface area (Å²) in [7, 11) is -2.09. The average Bonchev–Trinajstić information content (AvgIpc) is 3.20. The zero-order valence-corrected chi connectivity index (χ0v) is 18.3. The summed E-state index contributed by atoms with van der Waals surface area (Å²) >= 11 is 0. The first-order chi connectivity index (χ1) is 15.6. The quantitative estimate of drug-likeness (QED) is 0.433. The molecule has 0 bridgehead atoms. The maximum atomic E-state index is 12.9. The molecule has 0 fully saturated rings. The number of imidazole rings is 1. The third-order valence-corrected chi connectivity index (χ3v) is 6.68. The highest BCUT2D eigenvalue weighted by molar-refractivity contribution is 7.91. The second kappa shape index (κ2) is 8.35. The van der Waals surface area contributed by atoms with Crippen LogP contribution in [0.1, 0.15) is 12.6 Å². The van der Waals surface area contributed by atoms with Crippen molar-refractivity contribution in [2.45, 2.75) is 18.0 Å². The molecule has 0 saturated heterocycles. The summed E-state index contributed by atoms with van der Waals surface area (Å²) in [6, 6.07) is 5.25. The molecular formula is C21H17F3N6O2S. The maximum absolute atomic E-state index is 12.9. The van der Waals surface area contributed by atoms with Gasteiger partial charge in [0.15, 0.2) is 21.5 Å². The van der Waals surface area contributed by atoms with Gasteiger partial charge in [0.2, 0.25) is 0 Å². The molecule has 0 aromatic carbocycles. The van der Waals surface area contributed by atoms with E-state index in [2.05, 4.69) is 24.9 Å². The highest BCUT2D eigenvalue weighted by Crippen LogP contribution is 2.32. The Kier molecular flexibility index (Phi) is 5.70. The molecule has 0 radical (unpaired) electrons. The third kappa shape index (κ3) is 4.33. The minimum atomic E-state index is -4.55. The van der Waals surface area contributed by atoms with Gasteiger partial charge in [0.25, 0.3) is 0 Å². The normalized spacial score (nSPS) is 12.2. The number of hydrogen-bond acceptors (Lipinski definition) is 7. The van der Waals surface area contributed by atoms with Gasteiger partial charge in [0, 0.05) is 43.0 Å². The van der Waals surface area contributed by atoms with Gasteiger partial charge in [0.05, 0.1) is 22.5 Å². The van der Waals surface area contributed by atoms with E-state index in [9.17, 15) is 21.6 Å². The molecule has 12 heteroatoms. The van der Waals surface area contributed by atoms with E-state index < -0.39 is 21.7 Å². The van der Waals surface area contributed by atoms with Gasteiger partial charge < -0.3 is 4.57 Å². The number of aromatic nitrogens is 6. The zero-order chi connectivity index (χ0) is 23.8. The Hall–Kier alpha value is -3.67. The topological polar surface area (TPSA) is 104 Å². The molecule has 170 valence electrons. The summed E-state index contributed by atoms with van der Waals surface area (Å²) in [6.07, 6.45) is 2.50. The third-order valence-electron chi connectivity index (χ3n) is 4.94. The van der Waals surface area contributed by atoms with Crippen LogP contribution in [0.2, 0.25) is 0 Å². The van der Waals surface area contributed by atoms with Gasteiger partial charge in [-0.2, -0.15) is 13.2 Å².